The molecule has 0 saturated heterocycles. The molecule has 0 spiro atoms. The van der Waals surface area contributed by atoms with Gasteiger partial charge in [0.1, 0.15) is 5.69 Å². The molecule has 0 atom stereocenters. The van der Waals surface area contributed by atoms with E-state index < -0.39 is 23.1 Å². The average Bonchev–Trinajstić information content (AvgIpc) is 2.89. The molecular formula is C15H12ClF3N2O. The molecule has 0 unspecified atom stereocenters. The lowest BCUT2D eigenvalue weighted by Crippen LogP contribution is -2.16. The van der Waals surface area contributed by atoms with Crippen LogP contribution in [0.2, 0.25) is 5.02 Å². The average molecular weight is 329 g/mol. The highest BCUT2D eigenvalue weighted by molar-refractivity contribution is 6.35. The molecule has 0 saturated carbocycles. The summed E-state index contributed by atoms with van der Waals surface area (Å²) in [6.07, 6.45) is -1.39. The van der Waals surface area contributed by atoms with E-state index in [9.17, 15) is 18.0 Å². The Morgan fingerprint density at radius 2 is 1.95 bits per heavy atom. The molecule has 0 fully saturated rings. The SMILES string of the molecule is O=C(c1n[nH]c2c1CCCC2)c1c(Cl)cccc1C(F)(F)F. The van der Waals surface area contributed by atoms with Crippen LogP contribution in [0, 0.1) is 0 Å². The molecule has 0 radical (unpaired) electrons. The summed E-state index contributed by atoms with van der Waals surface area (Å²) in [6, 6.07) is 3.32. The van der Waals surface area contributed by atoms with Gasteiger partial charge in [-0.3, -0.25) is 9.89 Å². The number of halogens is 4. The predicted molar refractivity (Wildman–Crippen MR) is 75.1 cm³/mol. The van der Waals surface area contributed by atoms with Crippen LogP contribution >= 0.6 is 11.6 Å². The number of hydrogen-bond acceptors (Lipinski definition) is 2. The van der Waals surface area contributed by atoms with Crippen LogP contribution in [0.3, 0.4) is 0 Å². The maximum Gasteiger partial charge on any atom is 0.417 e. The molecule has 0 bridgehead atoms. The number of nitrogens with zero attached hydrogens (tertiary/aromatic N) is 1. The molecular weight excluding hydrogens is 317 g/mol. The Labute approximate surface area is 129 Å². The molecule has 0 aliphatic heterocycles. The van der Waals surface area contributed by atoms with Crippen molar-refractivity contribution in [2.24, 2.45) is 0 Å². The minimum Gasteiger partial charge on any atom is -0.287 e. The van der Waals surface area contributed by atoms with E-state index in [4.69, 9.17) is 11.6 Å². The Kier molecular flexibility index (Phi) is 3.72. The second-order valence-corrected chi connectivity index (χ2v) is 5.63. The van der Waals surface area contributed by atoms with E-state index in [2.05, 4.69) is 10.2 Å². The maximum atomic E-state index is 13.1. The topological polar surface area (TPSA) is 45.8 Å². The first-order valence-corrected chi connectivity index (χ1v) is 7.24. The fourth-order valence-corrected chi connectivity index (χ4v) is 3.04. The molecule has 1 aromatic carbocycles. The number of alkyl halides is 3. The van der Waals surface area contributed by atoms with E-state index in [0.717, 1.165) is 31.0 Å². The van der Waals surface area contributed by atoms with Crippen molar-refractivity contribution in [1.82, 2.24) is 10.2 Å². The lowest BCUT2D eigenvalue weighted by Gasteiger charge is -2.14. The number of aromatic amines is 1. The molecule has 3 nitrogen and oxygen atoms in total. The summed E-state index contributed by atoms with van der Waals surface area (Å²) in [5.74, 6) is -0.780. The lowest BCUT2D eigenvalue weighted by atomic mass is 9.92. The highest BCUT2D eigenvalue weighted by atomic mass is 35.5. The monoisotopic (exact) mass is 328 g/mol. The molecule has 22 heavy (non-hydrogen) atoms. The Bertz CT molecular complexity index is 737. The number of H-pyrrole nitrogens is 1. The van der Waals surface area contributed by atoms with Gasteiger partial charge in [-0.15, -0.1) is 0 Å². The smallest absolute Gasteiger partial charge is 0.287 e. The second-order valence-electron chi connectivity index (χ2n) is 5.23. The van der Waals surface area contributed by atoms with Gasteiger partial charge in [0.15, 0.2) is 0 Å². The van der Waals surface area contributed by atoms with Crippen molar-refractivity contribution in [3.63, 3.8) is 0 Å². The molecule has 2 aromatic rings. The largest absolute Gasteiger partial charge is 0.417 e. The number of fused-ring (bicyclic) bond motifs is 1. The van der Waals surface area contributed by atoms with Gasteiger partial charge >= 0.3 is 6.18 Å². The van der Waals surface area contributed by atoms with Gasteiger partial charge in [-0.1, -0.05) is 17.7 Å². The van der Waals surface area contributed by atoms with Gasteiger partial charge < -0.3 is 0 Å². The number of aromatic nitrogens is 2. The van der Waals surface area contributed by atoms with Crippen LogP contribution in [-0.2, 0) is 19.0 Å². The van der Waals surface area contributed by atoms with Gasteiger partial charge in [-0.25, -0.2) is 0 Å². The van der Waals surface area contributed by atoms with Crippen LogP contribution in [0.5, 0.6) is 0 Å². The number of nitrogens with one attached hydrogen (secondary N) is 1. The molecule has 1 aliphatic carbocycles. The van der Waals surface area contributed by atoms with Gasteiger partial charge in [0.2, 0.25) is 5.78 Å². The van der Waals surface area contributed by atoms with Crippen LogP contribution < -0.4 is 0 Å². The number of aryl methyl sites for hydroxylation is 1. The van der Waals surface area contributed by atoms with E-state index in [-0.39, 0.29) is 10.7 Å². The zero-order chi connectivity index (χ0) is 15.9. The molecule has 1 heterocycles. The first-order chi connectivity index (χ1) is 10.4. The van der Waals surface area contributed by atoms with Gasteiger partial charge in [-0.2, -0.15) is 18.3 Å². The van der Waals surface area contributed by atoms with E-state index in [1.807, 2.05) is 0 Å². The summed E-state index contributed by atoms with van der Waals surface area (Å²) in [7, 11) is 0. The molecule has 1 aromatic heterocycles. The fraction of sp³-hybridized carbons (Fsp3) is 0.333. The van der Waals surface area contributed by atoms with Crippen molar-refractivity contribution >= 4 is 17.4 Å². The summed E-state index contributed by atoms with van der Waals surface area (Å²) in [6.45, 7) is 0. The zero-order valence-electron chi connectivity index (χ0n) is 11.4. The zero-order valence-corrected chi connectivity index (χ0v) is 12.2. The Hall–Kier alpha value is -1.82. The van der Waals surface area contributed by atoms with E-state index >= 15 is 0 Å². The normalized spacial score (nSPS) is 14.7. The van der Waals surface area contributed by atoms with Crippen molar-refractivity contribution in [3.8, 4) is 0 Å². The van der Waals surface area contributed by atoms with Crippen molar-refractivity contribution < 1.29 is 18.0 Å². The minimum atomic E-state index is -4.65. The number of carbonyl (C=O) groups excluding carboxylic acids is 1. The van der Waals surface area contributed by atoms with E-state index in [1.54, 1.807) is 0 Å². The van der Waals surface area contributed by atoms with Gasteiger partial charge in [0.05, 0.1) is 16.1 Å². The fourth-order valence-electron chi connectivity index (χ4n) is 2.78. The van der Waals surface area contributed by atoms with Gasteiger partial charge in [0, 0.05) is 11.3 Å². The van der Waals surface area contributed by atoms with E-state index in [1.165, 1.54) is 12.1 Å². The standard InChI is InChI=1S/C15H12ClF3N2O/c16-10-6-3-5-9(15(17,18)19)12(10)14(22)13-8-4-1-2-7-11(8)20-21-13/h3,5-6H,1-2,4,7H2,(H,20,21). The molecule has 1 N–H and O–H groups in total. The second kappa shape index (κ2) is 5.43. The number of carbonyl (C=O) groups is 1. The lowest BCUT2D eigenvalue weighted by molar-refractivity contribution is -0.137. The number of hydrogen-bond donors (Lipinski definition) is 1. The molecule has 0 amide bonds. The Morgan fingerprint density at radius 1 is 1.23 bits per heavy atom. The van der Waals surface area contributed by atoms with Crippen molar-refractivity contribution in [3.05, 3.63) is 51.3 Å². The molecule has 3 rings (SSSR count). The van der Waals surface area contributed by atoms with Crippen molar-refractivity contribution in [1.29, 1.82) is 0 Å². The highest BCUT2D eigenvalue weighted by Gasteiger charge is 2.37. The minimum absolute atomic E-state index is 0.0494. The van der Waals surface area contributed by atoms with E-state index in [0.29, 0.717) is 12.0 Å². The van der Waals surface area contributed by atoms with Crippen LogP contribution in [0.25, 0.3) is 0 Å². The third-order valence-corrected chi connectivity index (χ3v) is 4.13. The summed E-state index contributed by atoms with van der Waals surface area (Å²) < 4.78 is 39.4. The van der Waals surface area contributed by atoms with Crippen LogP contribution in [0.1, 0.15) is 45.7 Å². The third-order valence-electron chi connectivity index (χ3n) is 3.82. The van der Waals surface area contributed by atoms with Gasteiger partial charge in [0.25, 0.3) is 0 Å². The summed E-state index contributed by atoms with van der Waals surface area (Å²) in [5.41, 5.74) is 0.0295. The van der Waals surface area contributed by atoms with Gasteiger partial charge in [-0.05, 0) is 37.8 Å². The van der Waals surface area contributed by atoms with Crippen LogP contribution in [0.4, 0.5) is 13.2 Å². The predicted octanol–water partition coefficient (Wildman–Crippen LogP) is 4.19. The van der Waals surface area contributed by atoms with Crippen molar-refractivity contribution in [2.75, 3.05) is 0 Å². The number of ketones is 1. The third kappa shape index (κ3) is 2.52. The first-order valence-electron chi connectivity index (χ1n) is 6.86. The van der Waals surface area contributed by atoms with Crippen LogP contribution in [0.15, 0.2) is 18.2 Å². The number of rotatable bonds is 2. The molecule has 116 valence electrons. The Balaban J connectivity index is 2.12. The molecule has 1 aliphatic rings. The number of benzene rings is 1. The quantitative estimate of drug-likeness (QED) is 0.840. The summed E-state index contributed by atoms with van der Waals surface area (Å²) >= 11 is 5.87. The van der Waals surface area contributed by atoms with Crippen LogP contribution in [-0.4, -0.2) is 16.0 Å². The maximum absolute atomic E-state index is 13.1. The Morgan fingerprint density at radius 3 is 2.68 bits per heavy atom. The molecule has 7 heteroatoms. The van der Waals surface area contributed by atoms with Crippen molar-refractivity contribution in [2.45, 2.75) is 31.9 Å². The first kappa shape index (κ1) is 15.1. The summed E-state index contributed by atoms with van der Waals surface area (Å²) in [4.78, 5) is 12.6. The highest BCUT2D eigenvalue weighted by Crippen LogP contribution is 2.36. The summed E-state index contributed by atoms with van der Waals surface area (Å²) in [5, 5.41) is 6.48.